The Balaban J connectivity index is 2.18. The van der Waals surface area contributed by atoms with Gasteiger partial charge in [0, 0.05) is 18.8 Å². The van der Waals surface area contributed by atoms with E-state index in [-0.39, 0.29) is 35.9 Å². The summed E-state index contributed by atoms with van der Waals surface area (Å²) in [5.74, 6) is -1.93. The van der Waals surface area contributed by atoms with Crippen molar-refractivity contribution in [3.05, 3.63) is 71.2 Å². The first-order valence-electron chi connectivity index (χ1n) is 11.7. The Hall–Kier alpha value is -3.77. The van der Waals surface area contributed by atoms with E-state index in [1.54, 1.807) is 6.07 Å². The molecule has 0 bridgehead atoms. The monoisotopic (exact) mass is 532 g/mol. The Bertz CT molecular complexity index is 1270. The second-order valence-electron chi connectivity index (χ2n) is 8.68. The Kier molecular flexibility index (Phi) is 11.2. The Morgan fingerprint density at radius 2 is 1.76 bits per heavy atom. The van der Waals surface area contributed by atoms with Crippen molar-refractivity contribution in [1.82, 2.24) is 14.6 Å². The molecule has 1 aromatic heterocycles. The Morgan fingerprint density at radius 1 is 1.05 bits per heavy atom. The van der Waals surface area contributed by atoms with E-state index in [1.165, 1.54) is 48.7 Å². The van der Waals surface area contributed by atoms with Gasteiger partial charge in [0.05, 0.1) is 4.90 Å². The van der Waals surface area contributed by atoms with Crippen LogP contribution in [0.25, 0.3) is 0 Å². The lowest BCUT2D eigenvalue weighted by atomic mass is 10.1. The minimum atomic E-state index is -4.09. The van der Waals surface area contributed by atoms with Crippen LogP contribution in [0.3, 0.4) is 0 Å². The molecule has 37 heavy (non-hydrogen) atoms. The fourth-order valence-corrected chi connectivity index (χ4v) is 4.48. The average Bonchev–Trinajstić information content (AvgIpc) is 2.83. The minimum Gasteiger partial charge on any atom is -0.478 e. The summed E-state index contributed by atoms with van der Waals surface area (Å²) in [4.78, 5) is 48.7. The molecule has 1 atom stereocenters. The van der Waals surface area contributed by atoms with Gasteiger partial charge >= 0.3 is 5.97 Å². The van der Waals surface area contributed by atoms with E-state index >= 15 is 0 Å². The van der Waals surface area contributed by atoms with Crippen molar-refractivity contribution < 1.29 is 27.9 Å². The lowest BCUT2D eigenvalue weighted by molar-refractivity contribution is -0.131. The molecule has 200 valence electrons. The molecule has 0 saturated carbocycles. The summed E-state index contributed by atoms with van der Waals surface area (Å²) in [6.45, 7) is 4.28. The van der Waals surface area contributed by atoms with Gasteiger partial charge in [-0.1, -0.05) is 38.1 Å². The van der Waals surface area contributed by atoms with Crippen LogP contribution in [0.2, 0.25) is 0 Å². The normalized spacial score (nSPS) is 12.4. The van der Waals surface area contributed by atoms with Crippen molar-refractivity contribution in [3.8, 4) is 0 Å². The van der Waals surface area contributed by atoms with Gasteiger partial charge in [0.2, 0.25) is 21.8 Å². The molecular weight excluding hydrogens is 500 g/mol. The van der Waals surface area contributed by atoms with E-state index in [9.17, 15) is 27.6 Å². The zero-order valence-corrected chi connectivity index (χ0v) is 21.5. The van der Waals surface area contributed by atoms with E-state index in [0.717, 1.165) is 17.1 Å². The van der Waals surface area contributed by atoms with Crippen LogP contribution in [-0.2, 0) is 31.0 Å². The zero-order chi connectivity index (χ0) is 27.4. The van der Waals surface area contributed by atoms with E-state index in [4.69, 9.17) is 5.11 Å². The topological polar surface area (TPSA) is 164 Å². The third-order valence-electron chi connectivity index (χ3n) is 5.19. The predicted molar refractivity (Wildman–Crippen MR) is 138 cm³/mol. The SMILES string of the molecule is CC(C)CCNC(=O)Cn1cccc(NC(=O)C(CCC=CC(=O)O)NS(=O)(=O)c2ccccc2)c1=O. The molecular formula is C25H32N4O7S. The molecule has 0 fully saturated rings. The van der Waals surface area contributed by atoms with Crippen molar-refractivity contribution in [2.75, 3.05) is 11.9 Å². The largest absolute Gasteiger partial charge is 0.478 e. The maximum Gasteiger partial charge on any atom is 0.327 e. The van der Waals surface area contributed by atoms with E-state index in [2.05, 4.69) is 15.4 Å². The van der Waals surface area contributed by atoms with Crippen LogP contribution in [0.4, 0.5) is 5.69 Å². The maximum absolute atomic E-state index is 13.0. The molecule has 0 radical (unpaired) electrons. The van der Waals surface area contributed by atoms with Crippen molar-refractivity contribution in [3.63, 3.8) is 0 Å². The number of allylic oxidation sites excluding steroid dienone is 1. The van der Waals surface area contributed by atoms with Gasteiger partial charge in [0.15, 0.2) is 0 Å². The van der Waals surface area contributed by atoms with Crippen LogP contribution in [0.15, 0.2) is 70.5 Å². The highest BCUT2D eigenvalue weighted by atomic mass is 32.2. The molecule has 0 aliphatic heterocycles. The molecule has 1 heterocycles. The highest BCUT2D eigenvalue weighted by Gasteiger charge is 2.26. The minimum absolute atomic E-state index is 0.0561. The van der Waals surface area contributed by atoms with Crippen molar-refractivity contribution in [2.24, 2.45) is 5.92 Å². The number of nitrogens with zero attached hydrogens (tertiary/aromatic N) is 1. The van der Waals surface area contributed by atoms with Crippen LogP contribution < -0.4 is 20.9 Å². The number of hydrogen-bond donors (Lipinski definition) is 4. The van der Waals surface area contributed by atoms with E-state index in [1.807, 2.05) is 13.8 Å². The maximum atomic E-state index is 13.0. The van der Waals surface area contributed by atoms with E-state index < -0.39 is 33.5 Å². The lowest BCUT2D eigenvalue weighted by Crippen LogP contribution is -2.44. The Morgan fingerprint density at radius 3 is 2.41 bits per heavy atom. The average molecular weight is 533 g/mol. The summed E-state index contributed by atoms with van der Waals surface area (Å²) in [5, 5.41) is 13.9. The first-order chi connectivity index (χ1) is 17.5. The van der Waals surface area contributed by atoms with Crippen LogP contribution in [0, 0.1) is 5.92 Å². The van der Waals surface area contributed by atoms with Crippen molar-refractivity contribution >= 4 is 33.5 Å². The summed E-state index contributed by atoms with van der Waals surface area (Å²) in [6.07, 6.45) is 4.40. The number of anilines is 1. The van der Waals surface area contributed by atoms with Crippen molar-refractivity contribution in [1.29, 1.82) is 0 Å². The van der Waals surface area contributed by atoms with E-state index in [0.29, 0.717) is 12.5 Å². The summed E-state index contributed by atoms with van der Waals surface area (Å²) >= 11 is 0. The number of rotatable bonds is 14. The summed E-state index contributed by atoms with van der Waals surface area (Å²) in [6, 6.07) is 8.96. The fraction of sp³-hybridized carbons (Fsp3) is 0.360. The molecule has 2 rings (SSSR count). The van der Waals surface area contributed by atoms with Crippen molar-refractivity contribution in [2.45, 2.75) is 50.6 Å². The first-order valence-corrected chi connectivity index (χ1v) is 13.2. The van der Waals surface area contributed by atoms with Crippen LogP contribution >= 0.6 is 0 Å². The second kappa shape index (κ2) is 14.1. The van der Waals surface area contributed by atoms with Gasteiger partial charge in [-0.3, -0.25) is 14.4 Å². The number of benzene rings is 1. The van der Waals surface area contributed by atoms with Crippen LogP contribution in [-0.4, -0.2) is 48.5 Å². The number of carbonyl (C=O) groups excluding carboxylic acids is 2. The van der Waals surface area contributed by atoms with Crippen LogP contribution in [0.5, 0.6) is 0 Å². The highest BCUT2D eigenvalue weighted by Crippen LogP contribution is 2.12. The number of aromatic nitrogens is 1. The Labute approximate surface area is 215 Å². The molecule has 0 aliphatic carbocycles. The number of carboxylic acids is 1. The number of sulfonamides is 1. The van der Waals surface area contributed by atoms with Gasteiger partial charge in [-0.15, -0.1) is 0 Å². The van der Waals surface area contributed by atoms with Gasteiger partial charge in [-0.05, 0) is 49.4 Å². The highest BCUT2D eigenvalue weighted by molar-refractivity contribution is 7.89. The molecule has 2 aromatic rings. The first kappa shape index (κ1) is 29.5. The number of aliphatic carboxylic acids is 1. The smallest absolute Gasteiger partial charge is 0.327 e. The van der Waals surface area contributed by atoms with Gasteiger partial charge in [-0.25, -0.2) is 13.2 Å². The third-order valence-corrected chi connectivity index (χ3v) is 6.67. The van der Waals surface area contributed by atoms with Gasteiger partial charge in [0.25, 0.3) is 5.56 Å². The molecule has 1 aromatic carbocycles. The summed E-state index contributed by atoms with van der Waals surface area (Å²) in [7, 11) is -4.09. The molecule has 0 aliphatic rings. The predicted octanol–water partition coefficient (Wildman–Crippen LogP) is 1.72. The molecule has 4 N–H and O–H groups in total. The molecule has 0 spiro atoms. The second-order valence-corrected chi connectivity index (χ2v) is 10.4. The third kappa shape index (κ3) is 10.0. The lowest BCUT2D eigenvalue weighted by Gasteiger charge is -2.18. The number of nitrogens with one attached hydrogen (secondary N) is 3. The van der Waals surface area contributed by atoms with Gasteiger partial charge < -0.3 is 20.3 Å². The number of amides is 2. The van der Waals surface area contributed by atoms with Gasteiger partial charge in [0.1, 0.15) is 18.3 Å². The molecule has 0 saturated heterocycles. The fourth-order valence-electron chi connectivity index (χ4n) is 3.23. The molecule has 11 nitrogen and oxygen atoms in total. The van der Waals surface area contributed by atoms with Gasteiger partial charge in [-0.2, -0.15) is 4.72 Å². The summed E-state index contributed by atoms with van der Waals surface area (Å²) in [5.41, 5.74) is -0.766. The quantitative estimate of drug-likeness (QED) is 0.269. The summed E-state index contributed by atoms with van der Waals surface area (Å²) < 4.78 is 29.1. The zero-order valence-electron chi connectivity index (χ0n) is 20.7. The number of pyridine rings is 1. The number of carbonyl (C=O) groups is 3. The number of hydrogen-bond acceptors (Lipinski definition) is 6. The number of carboxylic acid groups (broad SMARTS) is 1. The molecule has 1 unspecified atom stereocenters. The molecule has 12 heteroatoms. The van der Waals surface area contributed by atoms with Crippen LogP contribution in [0.1, 0.15) is 33.1 Å². The molecule has 2 amide bonds. The standard InChI is InChI=1S/C25H32N4O7S/c1-18(2)14-15-26-22(30)17-29-16-8-12-21(25(29)34)27-24(33)20(11-6-7-13-23(31)32)28-37(35,36)19-9-4-3-5-10-19/h3-5,7-10,12-13,16,18,20,28H,6,11,14-15,17H2,1-2H3,(H,26,30)(H,27,33)(H,31,32).